The van der Waals surface area contributed by atoms with Gasteiger partial charge in [0.15, 0.2) is 0 Å². The summed E-state index contributed by atoms with van der Waals surface area (Å²) in [6.45, 7) is 4.29. The van der Waals surface area contributed by atoms with Gasteiger partial charge in [-0.2, -0.15) is 5.10 Å². The molecule has 120 valence electrons. The fourth-order valence-corrected chi connectivity index (χ4v) is 2.33. The van der Waals surface area contributed by atoms with Crippen molar-refractivity contribution in [2.24, 2.45) is 10.1 Å². The van der Waals surface area contributed by atoms with E-state index < -0.39 is 0 Å². The number of anilines is 1. The van der Waals surface area contributed by atoms with Gasteiger partial charge in [0.05, 0.1) is 24.7 Å². The zero-order valence-electron chi connectivity index (χ0n) is 14.1. The predicted octanol–water partition coefficient (Wildman–Crippen LogP) is 4.14. The monoisotopic (exact) mass is 309 g/mol. The Morgan fingerprint density at radius 1 is 1.04 bits per heavy atom. The summed E-state index contributed by atoms with van der Waals surface area (Å²) in [4.78, 5) is 4.40. The van der Waals surface area contributed by atoms with E-state index in [-0.39, 0.29) is 5.41 Å². The normalized spacial score (nSPS) is 12.4. The molecule has 0 bridgehead atoms. The molecule has 0 saturated heterocycles. The van der Waals surface area contributed by atoms with E-state index in [1.54, 1.807) is 20.4 Å². The fraction of sp³-hybridized carbons (Fsp3) is 0.263. The summed E-state index contributed by atoms with van der Waals surface area (Å²) in [6.07, 6.45) is 1.78. The Labute approximate surface area is 137 Å². The molecular weight excluding hydrogens is 286 g/mol. The van der Waals surface area contributed by atoms with Crippen molar-refractivity contribution in [3.8, 4) is 5.75 Å². The van der Waals surface area contributed by atoms with Crippen LogP contribution in [0.15, 0.2) is 64.7 Å². The molecule has 2 aromatic carbocycles. The van der Waals surface area contributed by atoms with Crippen LogP contribution in [0.5, 0.6) is 5.75 Å². The minimum absolute atomic E-state index is 0.207. The molecule has 0 aromatic heterocycles. The van der Waals surface area contributed by atoms with Crippen molar-refractivity contribution >= 4 is 17.6 Å². The Morgan fingerprint density at radius 3 is 2.26 bits per heavy atom. The second-order valence-corrected chi connectivity index (χ2v) is 5.70. The summed E-state index contributed by atoms with van der Waals surface area (Å²) in [6, 6.07) is 17.9. The molecule has 0 aliphatic carbocycles. The van der Waals surface area contributed by atoms with Crippen LogP contribution in [0, 0.1) is 0 Å². The predicted molar refractivity (Wildman–Crippen MR) is 97.9 cm³/mol. The van der Waals surface area contributed by atoms with Gasteiger partial charge in [-0.05, 0) is 29.8 Å². The molecule has 0 amide bonds. The van der Waals surface area contributed by atoms with Crippen LogP contribution in [0.2, 0.25) is 0 Å². The maximum atomic E-state index is 5.14. The van der Waals surface area contributed by atoms with Gasteiger partial charge in [0.1, 0.15) is 5.75 Å². The number of benzene rings is 2. The van der Waals surface area contributed by atoms with Crippen molar-refractivity contribution in [3.05, 3.63) is 60.2 Å². The molecule has 0 aliphatic rings. The molecule has 2 rings (SSSR count). The first kappa shape index (κ1) is 16.7. The molecule has 0 aliphatic heterocycles. The molecule has 0 radical (unpaired) electrons. The summed E-state index contributed by atoms with van der Waals surface area (Å²) in [5.74, 6) is 0.820. The van der Waals surface area contributed by atoms with Crippen molar-refractivity contribution in [1.82, 2.24) is 0 Å². The first-order chi connectivity index (χ1) is 11.1. The fourth-order valence-electron chi connectivity index (χ4n) is 2.33. The van der Waals surface area contributed by atoms with E-state index in [1.165, 1.54) is 5.56 Å². The van der Waals surface area contributed by atoms with Gasteiger partial charge >= 0.3 is 0 Å². The molecule has 0 unspecified atom stereocenters. The lowest BCUT2D eigenvalue weighted by atomic mass is 9.80. The summed E-state index contributed by atoms with van der Waals surface area (Å²) in [5.41, 5.74) is 5.82. The molecule has 0 heterocycles. The molecule has 4 nitrogen and oxygen atoms in total. The number of hydrogen-bond donors (Lipinski definition) is 1. The summed E-state index contributed by atoms with van der Waals surface area (Å²) in [7, 11) is 3.44. The van der Waals surface area contributed by atoms with Crippen molar-refractivity contribution < 1.29 is 4.74 Å². The van der Waals surface area contributed by atoms with Gasteiger partial charge in [0.25, 0.3) is 0 Å². The van der Waals surface area contributed by atoms with Gasteiger partial charge in [0, 0.05) is 12.5 Å². The molecular formula is C19H23N3O. The maximum absolute atomic E-state index is 5.14. The standard InChI is InChI=1S/C19H23N3O/c1-19(2,15-8-6-5-7-9-15)18(20-3)14-21-22-16-10-12-17(23-4)13-11-16/h5-14,22H,1-4H3/b20-18?,21-14+. The lowest BCUT2D eigenvalue weighted by Gasteiger charge is -2.25. The minimum Gasteiger partial charge on any atom is -0.497 e. The summed E-state index contributed by atoms with van der Waals surface area (Å²) >= 11 is 0. The van der Waals surface area contributed by atoms with Gasteiger partial charge in [-0.3, -0.25) is 10.4 Å². The molecule has 0 spiro atoms. The van der Waals surface area contributed by atoms with E-state index in [9.17, 15) is 0 Å². The first-order valence-electron chi connectivity index (χ1n) is 7.54. The van der Waals surface area contributed by atoms with Crippen LogP contribution in [0.1, 0.15) is 19.4 Å². The van der Waals surface area contributed by atoms with Gasteiger partial charge in [-0.1, -0.05) is 44.2 Å². The summed E-state index contributed by atoms with van der Waals surface area (Å²) in [5, 5.41) is 4.31. The molecule has 2 aromatic rings. The van der Waals surface area contributed by atoms with Crippen LogP contribution in [0.25, 0.3) is 0 Å². The van der Waals surface area contributed by atoms with Crippen molar-refractivity contribution in [3.63, 3.8) is 0 Å². The summed E-state index contributed by atoms with van der Waals surface area (Å²) < 4.78 is 5.14. The Hall–Kier alpha value is -2.62. The quantitative estimate of drug-likeness (QED) is 0.644. The molecule has 23 heavy (non-hydrogen) atoms. The van der Waals surface area contributed by atoms with Gasteiger partial charge in [0.2, 0.25) is 0 Å². The first-order valence-corrected chi connectivity index (χ1v) is 7.54. The molecule has 0 fully saturated rings. The van der Waals surface area contributed by atoms with Gasteiger partial charge in [-0.15, -0.1) is 0 Å². The zero-order chi connectivity index (χ0) is 16.7. The second kappa shape index (κ2) is 7.58. The number of nitrogens with zero attached hydrogens (tertiary/aromatic N) is 2. The van der Waals surface area contributed by atoms with Crippen molar-refractivity contribution in [1.29, 1.82) is 0 Å². The van der Waals surface area contributed by atoms with Crippen LogP contribution in [-0.2, 0) is 5.41 Å². The molecule has 1 N–H and O–H groups in total. The van der Waals surface area contributed by atoms with E-state index in [0.29, 0.717) is 0 Å². The third-order valence-electron chi connectivity index (χ3n) is 3.85. The molecule has 0 atom stereocenters. The Balaban J connectivity index is 2.09. The Morgan fingerprint density at radius 2 is 1.70 bits per heavy atom. The number of hydrazone groups is 1. The molecule has 0 saturated carbocycles. The van der Waals surface area contributed by atoms with E-state index in [0.717, 1.165) is 17.1 Å². The van der Waals surface area contributed by atoms with E-state index >= 15 is 0 Å². The van der Waals surface area contributed by atoms with Crippen LogP contribution in [0.3, 0.4) is 0 Å². The Bertz CT molecular complexity index is 674. The van der Waals surface area contributed by atoms with Crippen LogP contribution >= 0.6 is 0 Å². The van der Waals surface area contributed by atoms with Crippen LogP contribution in [0.4, 0.5) is 5.69 Å². The maximum Gasteiger partial charge on any atom is 0.119 e. The highest BCUT2D eigenvalue weighted by Crippen LogP contribution is 2.24. The third-order valence-corrected chi connectivity index (χ3v) is 3.85. The Kier molecular flexibility index (Phi) is 5.52. The highest BCUT2D eigenvalue weighted by atomic mass is 16.5. The lowest BCUT2D eigenvalue weighted by molar-refractivity contribution is 0.415. The largest absolute Gasteiger partial charge is 0.497 e. The number of rotatable bonds is 6. The van der Waals surface area contributed by atoms with Crippen molar-refractivity contribution in [2.45, 2.75) is 19.3 Å². The van der Waals surface area contributed by atoms with Gasteiger partial charge in [-0.25, -0.2) is 0 Å². The SMILES string of the molecule is CN=C(/C=N/Nc1ccc(OC)cc1)C(C)(C)c1ccccc1. The smallest absolute Gasteiger partial charge is 0.119 e. The minimum atomic E-state index is -0.207. The number of aliphatic imine (C=N–C) groups is 1. The molecule has 4 heteroatoms. The van der Waals surface area contributed by atoms with Crippen molar-refractivity contribution in [2.75, 3.05) is 19.6 Å². The number of nitrogens with one attached hydrogen (secondary N) is 1. The number of hydrogen-bond acceptors (Lipinski definition) is 4. The second-order valence-electron chi connectivity index (χ2n) is 5.70. The highest BCUT2D eigenvalue weighted by Gasteiger charge is 2.25. The zero-order valence-corrected chi connectivity index (χ0v) is 14.1. The number of ether oxygens (including phenoxy) is 1. The average Bonchev–Trinajstić information content (AvgIpc) is 2.60. The van der Waals surface area contributed by atoms with Gasteiger partial charge < -0.3 is 4.74 Å². The highest BCUT2D eigenvalue weighted by molar-refractivity contribution is 6.34. The van der Waals surface area contributed by atoms with E-state index in [2.05, 4.69) is 41.5 Å². The van der Waals surface area contributed by atoms with E-state index in [1.807, 2.05) is 42.5 Å². The number of methoxy groups -OCH3 is 1. The van der Waals surface area contributed by atoms with E-state index in [4.69, 9.17) is 4.74 Å². The lowest BCUT2D eigenvalue weighted by Crippen LogP contribution is -2.30. The van der Waals surface area contributed by atoms with Crippen LogP contribution in [-0.4, -0.2) is 26.1 Å². The third kappa shape index (κ3) is 4.19. The topological polar surface area (TPSA) is 46.0 Å². The van der Waals surface area contributed by atoms with Crippen LogP contribution < -0.4 is 10.2 Å². The average molecular weight is 309 g/mol.